The number of hydrogen-bond donors (Lipinski definition) is 0. The Kier molecular flexibility index (Phi) is 1.07. The van der Waals surface area contributed by atoms with Gasteiger partial charge >= 0.3 is 0 Å². The highest BCUT2D eigenvalue weighted by molar-refractivity contribution is 5.18. The van der Waals surface area contributed by atoms with Gasteiger partial charge in [0.25, 0.3) is 0 Å². The van der Waals surface area contributed by atoms with Crippen LogP contribution in [0.2, 0.25) is 0 Å². The number of epoxide rings is 1. The average molecular weight is 137 g/mol. The molecule has 2 fully saturated rings. The van der Waals surface area contributed by atoms with Crippen LogP contribution >= 0.6 is 0 Å². The number of nitriles is 1. The Hall–Kier alpha value is -0.550. The van der Waals surface area contributed by atoms with Crippen molar-refractivity contribution >= 4 is 0 Å². The molecule has 0 aromatic carbocycles. The summed E-state index contributed by atoms with van der Waals surface area (Å²) in [5.41, 5.74) is 0.00868. The van der Waals surface area contributed by atoms with E-state index in [0.29, 0.717) is 5.92 Å². The molecule has 2 aliphatic rings. The lowest BCUT2D eigenvalue weighted by molar-refractivity contribution is 0.255. The summed E-state index contributed by atoms with van der Waals surface area (Å²) in [5.74, 6) is 0.608. The fourth-order valence-corrected chi connectivity index (χ4v) is 2.06. The highest BCUT2D eigenvalue weighted by Gasteiger charge is 2.62. The van der Waals surface area contributed by atoms with E-state index in [2.05, 4.69) is 13.0 Å². The first-order chi connectivity index (χ1) is 4.79. The fourth-order valence-electron chi connectivity index (χ4n) is 2.06. The molecule has 1 aliphatic heterocycles. The van der Waals surface area contributed by atoms with Crippen molar-refractivity contribution in [2.45, 2.75) is 37.9 Å². The van der Waals surface area contributed by atoms with E-state index < -0.39 is 0 Å². The van der Waals surface area contributed by atoms with Gasteiger partial charge in [-0.05, 0) is 18.8 Å². The van der Waals surface area contributed by atoms with Crippen molar-refractivity contribution in [3.05, 3.63) is 0 Å². The Morgan fingerprint density at radius 2 is 2.50 bits per heavy atom. The quantitative estimate of drug-likeness (QED) is 0.474. The molecule has 0 N–H and O–H groups in total. The molecule has 0 aromatic rings. The molecule has 3 atom stereocenters. The molecule has 0 bridgehead atoms. The summed E-state index contributed by atoms with van der Waals surface area (Å²) in [7, 11) is 0. The second-order valence-corrected chi connectivity index (χ2v) is 3.38. The Bertz CT molecular complexity index is 196. The molecule has 0 amide bonds. The van der Waals surface area contributed by atoms with Gasteiger partial charge in [0.05, 0.1) is 6.07 Å². The van der Waals surface area contributed by atoms with E-state index in [4.69, 9.17) is 10.00 Å². The molecule has 2 heteroatoms. The van der Waals surface area contributed by atoms with Gasteiger partial charge in [-0.1, -0.05) is 13.3 Å². The normalized spacial score (nSPS) is 51.2. The Morgan fingerprint density at radius 3 is 2.90 bits per heavy atom. The van der Waals surface area contributed by atoms with E-state index in [9.17, 15) is 0 Å². The molecular formula is C8H11NO. The maximum atomic E-state index is 8.57. The molecule has 0 aromatic heterocycles. The standard InChI is InChI=1S/C8H11NO/c1-6-3-2-4-8(6)7(5-9)10-8/h6-7H,2-4H2,1H3. The highest BCUT2D eigenvalue weighted by Crippen LogP contribution is 2.52. The van der Waals surface area contributed by atoms with Gasteiger partial charge in [-0.3, -0.25) is 0 Å². The SMILES string of the molecule is CC1CCCC12OC2C#N. The maximum absolute atomic E-state index is 8.57. The van der Waals surface area contributed by atoms with Crippen LogP contribution in [0.15, 0.2) is 0 Å². The molecule has 1 saturated heterocycles. The summed E-state index contributed by atoms with van der Waals surface area (Å²) in [6.07, 6.45) is 3.49. The molecule has 1 aliphatic carbocycles. The van der Waals surface area contributed by atoms with Crippen LogP contribution in [0.3, 0.4) is 0 Å². The largest absolute Gasteiger partial charge is 0.350 e. The van der Waals surface area contributed by atoms with E-state index in [1.807, 2.05) is 0 Å². The van der Waals surface area contributed by atoms with Crippen molar-refractivity contribution < 1.29 is 4.74 Å². The third-order valence-electron chi connectivity index (χ3n) is 2.88. The molecule has 3 unspecified atom stereocenters. The third kappa shape index (κ3) is 0.564. The van der Waals surface area contributed by atoms with E-state index in [1.165, 1.54) is 12.8 Å². The van der Waals surface area contributed by atoms with E-state index >= 15 is 0 Å². The first-order valence-corrected chi connectivity index (χ1v) is 3.87. The third-order valence-corrected chi connectivity index (χ3v) is 2.88. The molecule has 10 heavy (non-hydrogen) atoms. The zero-order chi connectivity index (χ0) is 7.19. The molecule has 54 valence electrons. The van der Waals surface area contributed by atoms with Gasteiger partial charge in [-0.2, -0.15) is 5.26 Å². The van der Waals surface area contributed by atoms with Gasteiger partial charge in [0.2, 0.25) is 0 Å². The second kappa shape index (κ2) is 1.73. The van der Waals surface area contributed by atoms with Crippen LogP contribution in [0.5, 0.6) is 0 Å². The van der Waals surface area contributed by atoms with Crippen molar-refractivity contribution in [3.63, 3.8) is 0 Å². The molecular weight excluding hydrogens is 126 g/mol. The summed E-state index contributed by atoms with van der Waals surface area (Å²) in [4.78, 5) is 0. The van der Waals surface area contributed by atoms with Crippen molar-refractivity contribution in [1.29, 1.82) is 5.26 Å². The van der Waals surface area contributed by atoms with Crippen LogP contribution in [0.4, 0.5) is 0 Å². The molecule has 1 saturated carbocycles. The van der Waals surface area contributed by atoms with Gasteiger partial charge < -0.3 is 4.74 Å². The zero-order valence-electron chi connectivity index (χ0n) is 6.13. The van der Waals surface area contributed by atoms with Gasteiger partial charge in [0.15, 0.2) is 6.10 Å². The average Bonchev–Trinajstić information content (AvgIpc) is 2.52. The summed E-state index contributed by atoms with van der Waals surface area (Å²) in [6, 6.07) is 2.18. The Morgan fingerprint density at radius 1 is 1.70 bits per heavy atom. The summed E-state index contributed by atoms with van der Waals surface area (Å²) >= 11 is 0. The predicted molar refractivity (Wildman–Crippen MR) is 36.2 cm³/mol. The van der Waals surface area contributed by atoms with Crippen LogP contribution in [0.1, 0.15) is 26.2 Å². The molecule has 1 heterocycles. The minimum atomic E-state index is -0.0787. The summed E-state index contributed by atoms with van der Waals surface area (Å²) in [5, 5.41) is 8.57. The van der Waals surface area contributed by atoms with Crippen molar-refractivity contribution in [2.24, 2.45) is 5.92 Å². The van der Waals surface area contributed by atoms with Gasteiger partial charge in [0.1, 0.15) is 5.60 Å². The van der Waals surface area contributed by atoms with Crippen LogP contribution < -0.4 is 0 Å². The van der Waals surface area contributed by atoms with E-state index in [-0.39, 0.29) is 11.7 Å². The number of ether oxygens (including phenoxy) is 1. The van der Waals surface area contributed by atoms with Crippen molar-refractivity contribution in [3.8, 4) is 6.07 Å². The van der Waals surface area contributed by atoms with Gasteiger partial charge in [-0.25, -0.2) is 0 Å². The van der Waals surface area contributed by atoms with Crippen LogP contribution in [-0.2, 0) is 4.74 Å². The first-order valence-electron chi connectivity index (χ1n) is 3.87. The van der Waals surface area contributed by atoms with Crippen LogP contribution in [0, 0.1) is 17.2 Å². The van der Waals surface area contributed by atoms with Gasteiger partial charge in [-0.15, -0.1) is 0 Å². The minimum Gasteiger partial charge on any atom is -0.350 e. The monoisotopic (exact) mass is 137 g/mol. The van der Waals surface area contributed by atoms with Crippen molar-refractivity contribution in [2.75, 3.05) is 0 Å². The lowest BCUT2D eigenvalue weighted by Gasteiger charge is -2.06. The second-order valence-electron chi connectivity index (χ2n) is 3.38. The van der Waals surface area contributed by atoms with E-state index in [0.717, 1.165) is 6.42 Å². The molecule has 0 radical (unpaired) electrons. The molecule has 1 spiro atoms. The molecule has 2 nitrogen and oxygen atoms in total. The maximum Gasteiger partial charge on any atom is 0.173 e. The van der Waals surface area contributed by atoms with E-state index in [1.54, 1.807) is 0 Å². The van der Waals surface area contributed by atoms with Gasteiger partial charge in [0, 0.05) is 0 Å². The van der Waals surface area contributed by atoms with Crippen LogP contribution in [-0.4, -0.2) is 11.7 Å². The summed E-state index contributed by atoms with van der Waals surface area (Å²) < 4.78 is 5.37. The molecule has 2 rings (SSSR count). The van der Waals surface area contributed by atoms with Crippen LogP contribution in [0.25, 0.3) is 0 Å². The highest BCUT2D eigenvalue weighted by atomic mass is 16.6. The zero-order valence-corrected chi connectivity index (χ0v) is 6.13. The lowest BCUT2D eigenvalue weighted by atomic mass is 9.95. The smallest absolute Gasteiger partial charge is 0.173 e. The number of hydrogen-bond acceptors (Lipinski definition) is 2. The lowest BCUT2D eigenvalue weighted by Crippen LogP contribution is -2.17. The fraction of sp³-hybridized carbons (Fsp3) is 0.875. The van der Waals surface area contributed by atoms with Crippen molar-refractivity contribution in [1.82, 2.24) is 0 Å². The minimum absolute atomic E-state index is 0.00868. The predicted octanol–water partition coefficient (Wildman–Crippen LogP) is 1.47. The summed E-state index contributed by atoms with van der Waals surface area (Å²) in [6.45, 7) is 2.18. The first kappa shape index (κ1) is 6.18. The Balaban J connectivity index is 2.13. The Labute approximate surface area is 60.8 Å². The number of nitrogens with zero attached hydrogens (tertiary/aromatic N) is 1. The topological polar surface area (TPSA) is 36.3 Å². The number of rotatable bonds is 0.